The molecule has 0 saturated heterocycles. The van der Waals surface area contributed by atoms with E-state index in [9.17, 15) is 40.8 Å². The van der Waals surface area contributed by atoms with E-state index in [1.165, 1.54) is 74.4 Å². The van der Waals surface area contributed by atoms with Crippen LogP contribution in [0.5, 0.6) is 5.75 Å². The zero-order valence-electron chi connectivity index (χ0n) is 32.7. The lowest BCUT2D eigenvalue weighted by Crippen LogP contribution is -2.40. The van der Waals surface area contributed by atoms with Gasteiger partial charge in [0.25, 0.3) is 17.4 Å². The van der Waals surface area contributed by atoms with Gasteiger partial charge < -0.3 is 19.2 Å². The number of carbonyl (C=O) groups is 1. The highest BCUT2D eigenvalue weighted by Gasteiger charge is 2.29. The predicted molar refractivity (Wildman–Crippen MR) is 213 cm³/mol. The van der Waals surface area contributed by atoms with Crippen LogP contribution in [0.2, 0.25) is 0 Å². The SMILES string of the molecule is Cn1cc(S(=O)(=O)CC(=O)Nc2c3c(cc4c2CCC4)CCC3)c(=O)n(C)c1=O.Cn1cc(S(N)(=O)=O)c(=O)n(C)c1=O.N#COc1c2c(cc3c1CCC3)CCC2. The number of rotatable bonds is 6. The number of aryl methyl sites for hydroxylation is 6. The largest absolute Gasteiger partial charge is 0.387 e. The molecule has 2 aromatic carbocycles. The molecule has 1 amide bonds. The maximum absolute atomic E-state index is 12.7. The number of nitriles is 1. The van der Waals surface area contributed by atoms with Gasteiger partial charge in [0.1, 0.15) is 16.4 Å². The Labute approximate surface area is 334 Å². The van der Waals surface area contributed by atoms with Gasteiger partial charge in [-0.25, -0.2) is 31.6 Å². The first-order valence-corrected chi connectivity index (χ1v) is 22.0. The molecular weight excluding hydrogens is 791 g/mol. The molecule has 308 valence electrons. The minimum absolute atomic E-state index is 0.555. The molecule has 2 aromatic heterocycles. The molecule has 4 aliphatic rings. The number of fused-ring (bicyclic) bond motifs is 4. The second-order valence-corrected chi connectivity index (χ2v) is 18.5. The predicted octanol–water partition coefficient (Wildman–Crippen LogP) is 0.729. The Balaban J connectivity index is 0.000000164. The molecule has 0 spiro atoms. The summed E-state index contributed by atoms with van der Waals surface area (Å²) in [6.07, 6.45) is 16.3. The number of nitrogens with one attached hydrogen (secondary N) is 1. The molecule has 19 heteroatoms. The number of sulfone groups is 1. The van der Waals surface area contributed by atoms with Crippen molar-refractivity contribution in [3.8, 4) is 12.0 Å². The lowest BCUT2D eigenvalue weighted by Gasteiger charge is -2.16. The normalized spacial score (nSPS) is 14.8. The van der Waals surface area contributed by atoms with Crippen LogP contribution in [0.3, 0.4) is 0 Å². The molecule has 3 N–H and O–H groups in total. The fourth-order valence-corrected chi connectivity index (χ4v) is 10.3. The second kappa shape index (κ2) is 16.3. The van der Waals surface area contributed by atoms with Gasteiger partial charge in [0, 0.05) is 46.3 Å². The first-order valence-electron chi connectivity index (χ1n) is 18.8. The van der Waals surface area contributed by atoms with E-state index in [1.54, 1.807) is 0 Å². The highest BCUT2D eigenvalue weighted by Crippen LogP contribution is 2.40. The minimum Gasteiger partial charge on any atom is -0.387 e. The van der Waals surface area contributed by atoms with E-state index in [4.69, 9.17) is 15.1 Å². The smallest absolute Gasteiger partial charge is 0.330 e. The third-order valence-corrected chi connectivity index (χ3v) is 13.6. The van der Waals surface area contributed by atoms with Gasteiger partial charge in [0.15, 0.2) is 14.7 Å². The number of nitrogens with two attached hydrogens (primary N) is 1. The van der Waals surface area contributed by atoms with Gasteiger partial charge in [0.05, 0.1) is 0 Å². The highest BCUT2D eigenvalue weighted by atomic mass is 32.2. The lowest BCUT2D eigenvalue weighted by molar-refractivity contribution is -0.113. The Morgan fingerprint density at radius 2 is 1.09 bits per heavy atom. The number of ether oxygens (including phenoxy) is 1. The molecule has 58 heavy (non-hydrogen) atoms. The molecule has 0 radical (unpaired) electrons. The minimum atomic E-state index is -4.21. The van der Waals surface area contributed by atoms with Crippen molar-refractivity contribution >= 4 is 31.5 Å². The van der Waals surface area contributed by atoms with Crippen molar-refractivity contribution in [2.75, 3.05) is 11.1 Å². The van der Waals surface area contributed by atoms with Crippen LogP contribution in [0.1, 0.15) is 70.2 Å². The summed E-state index contributed by atoms with van der Waals surface area (Å²) in [5.41, 5.74) is 7.79. The molecule has 0 unspecified atom stereocenters. The van der Waals surface area contributed by atoms with Gasteiger partial charge in [-0.2, -0.15) is 0 Å². The lowest BCUT2D eigenvalue weighted by atomic mass is 9.98. The zero-order chi connectivity index (χ0) is 42.3. The Bertz CT molecular complexity index is 2820. The van der Waals surface area contributed by atoms with Crippen molar-refractivity contribution in [3.05, 3.63) is 111 Å². The molecule has 0 atom stereocenters. The fourth-order valence-electron chi connectivity index (χ4n) is 8.28. The molecule has 17 nitrogen and oxygen atoms in total. The van der Waals surface area contributed by atoms with Crippen LogP contribution < -0.4 is 37.7 Å². The third kappa shape index (κ3) is 8.22. The number of anilines is 1. The fraction of sp³-hybridized carbons (Fsp3) is 0.436. The second-order valence-electron chi connectivity index (χ2n) is 15.0. The highest BCUT2D eigenvalue weighted by molar-refractivity contribution is 7.92. The van der Waals surface area contributed by atoms with Crippen molar-refractivity contribution in [1.29, 1.82) is 5.26 Å². The molecule has 8 rings (SSSR count). The average Bonchev–Trinajstić information content (AvgIpc) is 4.00. The number of hydrogen-bond donors (Lipinski definition) is 2. The van der Waals surface area contributed by atoms with Crippen LogP contribution >= 0.6 is 0 Å². The summed E-state index contributed by atoms with van der Waals surface area (Å²) in [7, 11) is -3.22. The van der Waals surface area contributed by atoms with Gasteiger partial charge in [-0.1, -0.05) is 12.1 Å². The van der Waals surface area contributed by atoms with Crippen molar-refractivity contribution in [2.45, 2.75) is 86.8 Å². The first-order chi connectivity index (χ1) is 27.3. The number of carbonyl (C=O) groups excluding carboxylic acids is 1. The molecule has 4 aliphatic carbocycles. The van der Waals surface area contributed by atoms with Crippen LogP contribution in [0.4, 0.5) is 5.69 Å². The van der Waals surface area contributed by atoms with Crippen LogP contribution in [0.15, 0.2) is 53.5 Å². The maximum atomic E-state index is 12.7. The number of primary sulfonamides is 1. The van der Waals surface area contributed by atoms with Gasteiger partial charge in [-0.3, -0.25) is 23.5 Å². The summed E-state index contributed by atoms with van der Waals surface area (Å²) >= 11 is 0. The molecule has 0 bridgehead atoms. The van der Waals surface area contributed by atoms with Crippen molar-refractivity contribution in [3.63, 3.8) is 0 Å². The summed E-state index contributed by atoms with van der Waals surface area (Å²) in [4.78, 5) is 58.0. The Morgan fingerprint density at radius 1 is 0.690 bits per heavy atom. The van der Waals surface area contributed by atoms with E-state index >= 15 is 0 Å². The van der Waals surface area contributed by atoms with Gasteiger partial charge in [0.2, 0.25) is 15.9 Å². The monoisotopic (exact) mass is 835 g/mol. The van der Waals surface area contributed by atoms with Crippen LogP contribution in [-0.4, -0.2) is 46.8 Å². The molecule has 2 heterocycles. The number of hydrogen-bond acceptors (Lipinski definition) is 11. The van der Waals surface area contributed by atoms with Crippen molar-refractivity contribution in [2.24, 2.45) is 33.3 Å². The summed E-state index contributed by atoms with van der Waals surface area (Å²) < 4.78 is 55.9. The van der Waals surface area contributed by atoms with Crippen molar-refractivity contribution < 1.29 is 26.4 Å². The molecule has 4 aromatic rings. The van der Waals surface area contributed by atoms with Crippen LogP contribution in [0, 0.1) is 11.5 Å². The maximum Gasteiger partial charge on any atom is 0.330 e. The van der Waals surface area contributed by atoms with Crippen LogP contribution in [-0.2, 0) is 104 Å². The van der Waals surface area contributed by atoms with E-state index in [-0.39, 0.29) is 0 Å². The Hall–Kier alpha value is -5.58. The molecule has 0 aliphatic heterocycles. The zero-order valence-corrected chi connectivity index (χ0v) is 34.3. The van der Waals surface area contributed by atoms with Gasteiger partial charge in [-0.05, 0) is 122 Å². The van der Waals surface area contributed by atoms with E-state index < -0.39 is 63.8 Å². The molecule has 0 saturated carbocycles. The quantitative estimate of drug-likeness (QED) is 0.257. The van der Waals surface area contributed by atoms with Gasteiger partial charge >= 0.3 is 11.4 Å². The van der Waals surface area contributed by atoms with Crippen LogP contribution in [0.25, 0.3) is 0 Å². The van der Waals surface area contributed by atoms with E-state index in [2.05, 4.69) is 17.4 Å². The summed E-state index contributed by atoms with van der Waals surface area (Å²) in [6, 6.07) is 4.57. The first kappa shape index (κ1) is 42.0. The van der Waals surface area contributed by atoms with Crippen molar-refractivity contribution in [1.82, 2.24) is 18.3 Å². The van der Waals surface area contributed by atoms with Gasteiger partial charge in [-0.15, -0.1) is 5.26 Å². The number of benzene rings is 2. The number of aromatic nitrogens is 4. The van der Waals surface area contributed by atoms with E-state index in [0.717, 1.165) is 113 Å². The standard InChI is InChI=1S/C20H23N3O5S.C13H13NO.C6H9N3O4S/c1-22-10-16(19(25)23(2)20(22)26)29(27,28)11-17(24)21-18-14-7-3-5-12(14)9-13-6-4-8-15(13)18;14-8-15-13-11-5-1-3-9(11)7-10-4-2-6-12(10)13;1-8-3-4(14(7,12)13)5(10)9(2)6(8)11/h9-10H,3-8,11H2,1-2H3,(H,21,24);7H,1-6H2;3H,1-2H3,(H2,7,12,13). The molecular formula is C39H45N7O10S2. The Kier molecular flexibility index (Phi) is 11.8. The van der Waals surface area contributed by atoms with E-state index in [1.807, 2.05) is 6.26 Å². The number of nitrogens with zero attached hydrogens (tertiary/aromatic N) is 5. The topological polar surface area (TPSA) is 244 Å². The number of amides is 1. The summed E-state index contributed by atoms with van der Waals surface area (Å²) in [6.45, 7) is 0. The Morgan fingerprint density at radius 3 is 1.52 bits per heavy atom. The average molecular weight is 836 g/mol. The summed E-state index contributed by atoms with van der Waals surface area (Å²) in [5.74, 6) is -0.617. The third-order valence-electron chi connectivity index (χ3n) is 11.1. The summed E-state index contributed by atoms with van der Waals surface area (Å²) in [5, 5.41) is 16.3. The number of sulfonamides is 1. The molecule has 0 fully saturated rings. The van der Waals surface area contributed by atoms with E-state index in [0.29, 0.717) is 4.57 Å².